The van der Waals surface area contributed by atoms with Crippen molar-refractivity contribution in [3.8, 4) is 0 Å². The van der Waals surface area contributed by atoms with Gasteiger partial charge in [-0.05, 0) is 36.0 Å². The van der Waals surface area contributed by atoms with Gasteiger partial charge < -0.3 is 0 Å². The van der Waals surface area contributed by atoms with Crippen molar-refractivity contribution in [3.63, 3.8) is 0 Å². The minimum atomic E-state index is 1.14. The maximum Gasteiger partial charge on any atom is 0.0247 e. The van der Waals surface area contributed by atoms with Crippen LogP contribution in [0.3, 0.4) is 0 Å². The van der Waals surface area contributed by atoms with Crippen LogP contribution in [-0.2, 0) is 17.3 Å². The number of halogens is 1. The summed E-state index contributed by atoms with van der Waals surface area (Å²) in [7, 11) is 0. The van der Waals surface area contributed by atoms with Gasteiger partial charge in [0.25, 0.3) is 0 Å². The molecule has 0 N–H and O–H groups in total. The quantitative estimate of drug-likeness (QED) is 0.536. The molecule has 11 heavy (non-hydrogen) atoms. The summed E-state index contributed by atoms with van der Waals surface area (Å²) in [5.74, 6) is 0. The first-order valence-electron chi connectivity index (χ1n) is 4.07. The third-order valence-corrected chi connectivity index (χ3v) is 3.20. The van der Waals surface area contributed by atoms with E-state index in [0.717, 1.165) is 4.43 Å². The van der Waals surface area contributed by atoms with Gasteiger partial charge in [-0.2, -0.15) is 0 Å². The van der Waals surface area contributed by atoms with Crippen LogP contribution in [0.15, 0.2) is 18.2 Å². The summed E-state index contributed by atoms with van der Waals surface area (Å²) >= 11 is 2.42. The van der Waals surface area contributed by atoms with Crippen LogP contribution in [0.25, 0.3) is 0 Å². The molecule has 0 unspecified atom stereocenters. The first-order chi connectivity index (χ1) is 5.40. The van der Waals surface area contributed by atoms with Gasteiger partial charge in [0.1, 0.15) is 0 Å². The van der Waals surface area contributed by atoms with Crippen LogP contribution in [0.2, 0.25) is 0 Å². The van der Waals surface area contributed by atoms with E-state index >= 15 is 0 Å². The molecule has 0 bridgehead atoms. The lowest BCUT2D eigenvalue weighted by Gasteiger charge is -2.00. The molecule has 0 aromatic heterocycles. The normalized spacial score (nSPS) is 15.0. The topological polar surface area (TPSA) is 0 Å². The Morgan fingerprint density at radius 1 is 1.18 bits per heavy atom. The number of rotatable bonds is 1. The minimum Gasteiger partial charge on any atom is -0.0812 e. The smallest absolute Gasteiger partial charge is 0.0247 e. The zero-order chi connectivity index (χ0) is 7.68. The van der Waals surface area contributed by atoms with Crippen LogP contribution in [0.4, 0.5) is 0 Å². The third-order valence-electron chi connectivity index (χ3n) is 2.32. The molecule has 1 aliphatic carbocycles. The molecular formula is C10H11I. The largest absolute Gasteiger partial charge is 0.0812 e. The lowest BCUT2D eigenvalue weighted by atomic mass is 10.1. The van der Waals surface area contributed by atoms with E-state index < -0.39 is 0 Å². The van der Waals surface area contributed by atoms with Crippen LogP contribution >= 0.6 is 22.6 Å². The highest BCUT2D eigenvalue weighted by Gasteiger charge is 2.09. The molecule has 1 aliphatic rings. The van der Waals surface area contributed by atoms with E-state index in [1.807, 2.05) is 0 Å². The highest BCUT2D eigenvalue weighted by atomic mass is 127. The van der Waals surface area contributed by atoms with Crippen LogP contribution < -0.4 is 0 Å². The van der Waals surface area contributed by atoms with Crippen molar-refractivity contribution >= 4 is 22.6 Å². The van der Waals surface area contributed by atoms with E-state index in [1.165, 1.54) is 24.8 Å². The Morgan fingerprint density at radius 2 is 2.00 bits per heavy atom. The molecule has 0 spiro atoms. The third kappa shape index (κ3) is 1.43. The van der Waals surface area contributed by atoms with Crippen LogP contribution in [0.1, 0.15) is 23.1 Å². The zero-order valence-electron chi connectivity index (χ0n) is 6.44. The highest BCUT2D eigenvalue weighted by molar-refractivity contribution is 14.1. The summed E-state index contributed by atoms with van der Waals surface area (Å²) < 4.78 is 1.14. The molecule has 0 radical (unpaired) electrons. The van der Waals surface area contributed by atoms with Crippen molar-refractivity contribution in [2.24, 2.45) is 0 Å². The summed E-state index contributed by atoms with van der Waals surface area (Å²) in [6.45, 7) is 0. The Hall–Kier alpha value is -0.0500. The molecule has 0 atom stereocenters. The molecule has 0 saturated carbocycles. The van der Waals surface area contributed by atoms with Gasteiger partial charge in [-0.3, -0.25) is 0 Å². The molecule has 0 amide bonds. The highest BCUT2D eigenvalue weighted by Crippen LogP contribution is 2.23. The van der Waals surface area contributed by atoms with Crippen LogP contribution in [-0.4, -0.2) is 0 Å². The van der Waals surface area contributed by atoms with Crippen molar-refractivity contribution < 1.29 is 0 Å². The molecule has 1 aromatic rings. The fourth-order valence-corrected chi connectivity index (χ4v) is 2.18. The van der Waals surface area contributed by atoms with Crippen molar-refractivity contribution in [3.05, 3.63) is 34.9 Å². The van der Waals surface area contributed by atoms with Crippen LogP contribution in [0.5, 0.6) is 0 Å². The molecule has 1 heteroatoms. The van der Waals surface area contributed by atoms with Gasteiger partial charge in [-0.15, -0.1) is 0 Å². The lowest BCUT2D eigenvalue weighted by Crippen LogP contribution is -1.84. The van der Waals surface area contributed by atoms with Gasteiger partial charge in [0.2, 0.25) is 0 Å². The van der Waals surface area contributed by atoms with E-state index in [1.54, 1.807) is 11.1 Å². The summed E-state index contributed by atoms with van der Waals surface area (Å²) in [6.07, 6.45) is 3.97. The van der Waals surface area contributed by atoms with E-state index in [2.05, 4.69) is 40.8 Å². The van der Waals surface area contributed by atoms with Gasteiger partial charge in [-0.1, -0.05) is 40.8 Å². The molecule has 0 fully saturated rings. The number of benzene rings is 1. The predicted molar refractivity (Wildman–Crippen MR) is 56.2 cm³/mol. The molecule has 0 nitrogen and oxygen atoms in total. The Balaban J connectivity index is 2.41. The number of alkyl halides is 1. The van der Waals surface area contributed by atoms with E-state index in [9.17, 15) is 0 Å². The summed E-state index contributed by atoms with van der Waals surface area (Å²) in [4.78, 5) is 0. The number of hydrogen-bond acceptors (Lipinski definition) is 0. The fourth-order valence-electron chi connectivity index (χ4n) is 1.71. The van der Waals surface area contributed by atoms with Crippen molar-refractivity contribution in [2.45, 2.75) is 23.7 Å². The molecule has 0 aliphatic heterocycles. The lowest BCUT2D eigenvalue weighted by molar-refractivity contribution is 0.911. The Bertz CT molecular complexity index is 266. The zero-order valence-corrected chi connectivity index (χ0v) is 8.60. The van der Waals surface area contributed by atoms with E-state index in [-0.39, 0.29) is 0 Å². The van der Waals surface area contributed by atoms with Gasteiger partial charge >= 0.3 is 0 Å². The summed E-state index contributed by atoms with van der Waals surface area (Å²) in [6, 6.07) is 6.93. The SMILES string of the molecule is ICc1ccc2c(c1)CCC2. The van der Waals surface area contributed by atoms with Gasteiger partial charge in [0.15, 0.2) is 0 Å². The Kier molecular flexibility index (Phi) is 2.16. The van der Waals surface area contributed by atoms with Crippen molar-refractivity contribution in [2.75, 3.05) is 0 Å². The first kappa shape index (κ1) is 7.59. The second-order valence-electron chi connectivity index (χ2n) is 3.09. The van der Waals surface area contributed by atoms with Gasteiger partial charge in [0, 0.05) is 4.43 Å². The Morgan fingerprint density at radius 3 is 2.82 bits per heavy atom. The van der Waals surface area contributed by atoms with E-state index in [0.29, 0.717) is 0 Å². The average Bonchev–Trinajstić information content (AvgIpc) is 2.50. The monoisotopic (exact) mass is 258 g/mol. The fraction of sp³-hybridized carbons (Fsp3) is 0.400. The molecule has 58 valence electrons. The van der Waals surface area contributed by atoms with Crippen molar-refractivity contribution in [1.29, 1.82) is 0 Å². The Labute approximate surface area is 81.1 Å². The predicted octanol–water partition coefficient (Wildman–Crippen LogP) is 3.11. The summed E-state index contributed by atoms with van der Waals surface area (Å²) in [5.41, 5.74) is 4.66. The molecule has 0 heterocycles. The number of aryl methyl sites for hydroxylation is 2. The number of fused-ring (bicyclic) bond motifs is 1. The standard InChI is InChI=1S/C10H11I/c11-7-8-4-5-9-2-1-3-10(9)6-8/h4-6H,1-3,7H2. The maximum atomic E-state index is 2.42. The molecule has 0 saturated heterocycles. The van der Waals surface area contributed by atoms with Gasteiger partial charge in [-0.25, -0.2) is 0 Å². The van der Waals surface area contributed by atoms with Crippen LogP contribution in [0, 0.1) is 0 Å². The van der Waals surface area contributed by atoms with E-state index in [4.69, 9.17) is 0 Å². The van der Waals surface area contributed by atoms with Gasteiger partial charge in [0.05, 0.1) is 0 Å². The molecule has 2 rings (SSSR count). The number of hydrogen-bond donors (Lipinski definition) is 0. The molecular weight excluding hydrogens is 247 g/mol. The van der Waals surface area contributed by atoms with Crippen molar-refractivity contribution in [1.82, 2.24) is 0 Å². The minimum absolute atomic E-state index is 1.14. The molecule has 1 aromatic carbocycles. The second-order valence-corrected chi connectivity index (χ2v) is 3.85. The second kappa shape index (κ2) is 3.13. The maximum absolute atomic E-state index is 2.42. The average molecular weight is 258 g/mol. The summed E-state index contributed by atoms with van der Waals surface area (Å²) in [5, 5.41) is 0. The first-order valence-corrected chi connectivity index (χ1v) is 5.59.